The highest BCUT2D eigenvalue weighted by Gasteiger charge is 2.21. The number of sulfonamides is 1. The maximum atomic E-state index is 14.0. The van der Waals surface area contributed by atoms with Crippen molar-refractivity contribution >= 4 is 44.2 Å². The first-order valence-electron chi connectivity index (χ1n) is 8.03. The van der Waals surface area contributed by atoms with Crippen molar-refractivity contribution in [3.8, 4) is 11.3 Å². The van der Waals surface area contributed by atoms with Gasteiger partial charge in [-0.15, -0.1) is 0 Å². The summed E-state index contributed by atoms with van der Waals surface area (Å²) in [4.78, 5) is 3.89. The minimum absolute atomic E-state index is 0.265. The van der Waals surface area contributed by atoms with Crippen LogP contribution in [0, 0.1) is 5.82 Å². The number of nitrogens with one attached hydrogen (secondary N) is 2. The maximum Gasteiger partial charge on any atom is 0.264 e. The zero-order chi connectivity index (χ0) is 19.9. The number of hydrogen-bond acceptors (Lipinski definition) is 5. The topological polar surface area (TPSA) is 114 Å². The smallest absolute Gasteiger partial charge is 0.264 e. The van der Waals surface area contributed by atoms with Crippen molar-refractivity contribution < 1.29 is 12.8 Å². The Labute approximate surface area is 164 Å². The van der Waals surface area contributed by atoms with Gasteiger partial charge in [0, 0.05) is 11.3 Å². The Morgan fingerprint density at radius 2 is 1.82 bits per heavy atom. The summed E-state index contributed by atoms with van der Waals surface area (Å²) in [5.74, 6) is -0.559. The maximum absolute atomic E-state index is 14.0. The number of anilines is 2. The molecule has 0 saturated carbocycles. The Balaban J connectivity index is 1.61. The number of nitrogens with zero attached hydrogens (tertiary/aromatic N) is 2. The van der Waals surface area contributed by atoms with Crippen LogP contribution in [-0.4, -0.2) is 23.6 Å². The first kappa shape index (κ1) is 18.2. The molecule has 4 N–H and O–H groups in total. The van der Waals surface area contributed by atoms with Crippen LogP contribution >= 0.6 is 11.6 Å². The number of pyridine rings is 1. The van der Waals surface area contributed by atoms with E-state index in [4.69, 9.17) is 17.3 Å². The Bertz CT molecular complexity index is 1290. The molecule has 0 unspecified atom stereocenters. The summed E-state index contributed by atoms with van der Waals surface area (Å²) < 4.78 is 41.2. The molecule has 0 aliphatic heterocycles. The third kappa shape index (κ3) is 3.25. The zero-order valence-corrected chi connectivity index (χ0v) is 15.7. The summed E-state index contributed by atoms with van der Waals surface area (Å²) in [7, 11) is -4.12. The van der Waals surface area contributed by atoms with Crippen molar-refractivity contribution in [1.29, 1.82) is 0 Å². The molecule has 2 heterocycles. The molecule has 2 aromatic heterocycles. The molecule has 0 atom stereocenters. The molecule has 0 bridgehead atoms. The van der Waals surface area contributed by atoms with Gasteiger partial charge in [0.1, 0.15) is 10.7 Å². The summed E-state index contributed by atoms with van der Waals surface area (Å²) in [6.07, 6.45) is 0. The molecule has 28 heavy (non-hydrogen) atoms. The van der Waals surface area contributed by atoms with Gasteiger partial charge in [0.2, 0.25) is 0 Å². The predicted octanol–water partition coefficient (Wildman–Crippen LogP) is 3.80. The molecule has 4 aromatic rings. The SMILES string of the molecule is Nc1[nH]nc2nc(-c3ccc(NS(=O)(=O)c4cccc(Cl)c4F)cc3)ccc12. The minimum Gasteiger partial charge on any atom is -0.384 e. The van der Waals surface area contributed by atoms with Gasteiger partial charge in [-0.3, -0.25) is 9.82 Å². The first-order chi connectivity index (χ1) is 13.3. The lowest BCUT2D eigenvalue weighted by molar-refractivity contribution is 0.570. The van der Waals surface area contributed by atoms with Gasteiger partial charge in [-0.1, -0.05) is 29.8 Å². The van der Waals surface area contributed by atoms with Gasteiger partial charge in [0.25, 0.3) is 10.0 Å². The second kappa shape index (κ2) is 6.77. The Morgan fingerprint density at radius 3 is 2.57 bits per heavy atom. The van der Waals surface area contributed by atoms with Crippen molar-refractivity contribution in [3.05, 3.63) is 65.4 Å². The molecule has 0 aliphatic carbocycles. The highest BCUT2D eigenvalue weighted by Crippen LogP contribution is 2.26. The molecule has 0 spiro atoms. The molecular formula is C18H13ClFN5O2S. The number of rotatable bonds is 4. The zero-order valence-electron chi connectivity index (χ0n) is 14.1. The van der Waals surface area contributed by atoms with Crippen LogP contribution in [0.1, 0.15) is 0 Å². The van der Waals surface area contributed by atoms with Gasteiger partial charge < -0.3 is 5.73 Å². The van der Waals surface area contributed by atoms with E-state index in [1.54, 1.807) is 36.4 Å². The lowest BCUT2D eigenvalue weighted by Gasteiger charge is -2.10. The summed E-state index contributed by atoms with van der Waals surface area (Å²) in [6.45, 7) is 0. The van der Waals surface area contributed by atoms with E-state index in [2.05, 4.69) is 19.9 Å². The van der Waals surface area contributed by atoms with E-state index in [0.717, 1.165) is 17.0 Å². The van der Waals surface area contributed by atoms with Crippen LogP contribution in [0.2, 0.25) is 5.02 Å². The van der Waals surface area contributed by atoms with E-state index >= 15 is 0 Å². The van der Waals surface area contributed by atoms with E-state index in [9.17, 15) is 12.8 Å². The Kier molecular flexibility index (Phi) is 4.40. The highest BCUT2D eigenvalue weighted by atomic mass is 35.5. The second-order valence-corrected chi connectivity index (χ2v) is 8.00. The summed E-state index contributed by atoms with van der Waals surface area (Å²) in [5.41, 5.74) is 7.91. The number of benzene rings is 2. The fourth-order valence-electron chi connectivity index (χ4n) is 2.69. The Morgan fingerprint density at radius 1 is 1.07 bits per heavy atom. The number of aromatic nitrogens is 3. The number of fused-ring (bicyclic) bond motifs is 1. The molecule has 0 aliphatic rings. The molecule has 0 saturated heterocycles. The monoisotopic (exact) mass is 417 g/mol. The molecule has 0 radical (unpaired) electrons. The van der Waals surface area contributed by atoms with Crippen LogP contribution < -0.4 is 10.5 Å². The van der Waals surface area contributed by atoms with Crippen molar-refractivity contribution in [3.63, 3.8) is 0 Å². The molecule has 2 aromatic carbocycles. The van der Waals surface area contributed by atoms with E-state index in [1.807, 2.05) is 0 Å². The van der Waals surface area contributed by atoms with Crippen LogP contribution in [0.5, 0.6) is 0 Å². The quantitative estimate of drug-likeness (QED) is 0.467. The molecular weight excluding hydrogens is 405 g/mol. The molecule has 10 heteroatoms. The molecule has 4 rings (SSSR count). The average molecular weight is 418 g/mol. The number of halogens is 2. The van der Waals surface area contributed by atoms with Gasteiger partial charge in [-0.2, -0.15) is 5.10 Å². The third-order valence-electron chi connectivity index (χ3n) is 4.09. The van der Waals surface area contributed by atoms with Crippen LogP contribution in [0.25, 0.3) is 22.3 Å². The fraction of sp³-hybridized carbons (Fsp3) is 0. The largest absolute Gasteiger partial charge is 0.384 e. The number of nitrogens with two attached hydrogens (primary N) is 1. The lowest BCUT2D eigenvalue weighted by Crippen LogP contribution is -2.14. The normalized spacial score (nSPS) is 11.6. The standard InChI is InChI=1S/C18H13ClFN5O2S/c19-13-2-1-3-15(16(13)20)28(26,27)25-11-6-4-10(5-7-11)14-9-8-12-17(21)23-24-18(12)22-14/h1-9,25H,(H3,21,22,23,24). The van der Waals surface area contributed by atoms with E-state index in [-0.39, 0.29) is 10.7 Å². The predicted molar refractivity (Wildman–Crippen MR) is 106 cm³/mol. The van der Waals surface area contributed by atoms with Crippen molar-refractivity contribution in [1.82, 2.24) is 15.2 Å². The van der Waals surface area contributed by atoms with Gasteiger partial charge >= 0.3 is 0 Å². The van der Waals surface area contributed by atoms with E-state index in [0.29, 0.717) is 17.2 Å². The van der Waals surface area contributed by atoms with Crippen LogP contribution in [0.15, 0.2) is 59.5 Å². The minimum atomic E-state index is -4.12. The number of nitrogen functional groups attached to an aromatic ring is 1. The van der Waals surface area contributed by atoms with E-state index < -0.39 is 20.7 Å². The third-order valence-corrected chi connectivity index (χ3v) is 5.78. The molecule has 7 nitrogen and oxygen atoms in total. The van der Waals surface area contributed by atoms with Crippen LogP contribution in [-0.2, 0) is 10.0 Å². The molecule has 0 fully saturated rings. The van der Waals surface area contributed by atoms with Crippen molar-refractivity contribution in [2.75, 3.05) is 10.5 Å². The fourth-order valence-corrected chi connectivity index (χ4v) is 4.08. The molecule has 142 valence electrons. The van der Waals surface area contributed by atoms with Gasteiger partial charge in [0.05, 0.1) is 16.1 Å². The van der Waals surface area contributed by atoms with Crippen molar-refractivity contribution in [2.24, 2.45) is 0 Å². The number of hydrogen-bond donors (Lipinski definition) is 3. The van der Waals surface area contributed by atoms with Crippen molar-refractivity contribution in [2.45, 2.75) is 4.90 Å². The Hall–Kier alpha value is -3.17. The van der Waals surface area contributed by atoms with Gasteiger partial charge in [0.15, 0.2) is 11.5 Å². The lowest BCUT2D eigenvalue weighted by atomic mass is 10.1. The second-order valence-electron chi connectivity index (χ2n) is 5.94. The first-order valence-corrected chi connectivity index (χ1v) is 9.89. The van der Waals surface area contributed by atoms with Gasteiger partial charge in [-0.25, -0.2) is 17.8 Å². The highest BCUT2D eigenvalue weighted by molar-refractivity contribution is 7.92. The average Bonchev–Trinajstić information content (AvgIpc) is 3.04. The van der Waals surface area contributed by atoms with E-state index in [1.165, 1.54) is 12.1 Å². The van der Waals surface area contributed by atoms with Crippen LogP contribution in [0.4, 0.5) is 15.9 Å². The van der Waals surface area contributed by atoms with Gasteiger partial charge in [-0.05, 0) is 36.4 Å². The number of H-pyrrole nitrogens is 1. The summed E-state index contributed by atoms with van der Waals surface area (Å²) in [5, 5.41) is 7.14. The van der Waals surface area contributed by atoms with Crippen LogP contribution in [0.3, 0.4) is 0 Å². The summed E-state index contributed by atoms with van der Waals surface area (Å²) in [6, 6.07) is 13.9. The molecule has 0 amide bonds. The summed E-state index contributed by atoms with van der Waals surface area (Å²) >= 11 is 5.67. The number of aromatic amines is 1.